The highest BCUT2D eigenvalue weighted by Gasteiger charge is 2.09. The van der Waals surface area contributed by atoms with Crippen molar-refractivity contribution < 1.29 is 19.0 Å². The van der Waals surface area contributed by atoms with E-state index < -0.39 is 5.97 Å². The number of rotatable bonds is 9. The summed E-state index contributed by atoms with van der Waals surface area (Å²) in [6, 6.07) is 23.9. The normalized spacial score (nSPS) is 10.6. The van der Waals surface area contributed by atoms with Gasteiger partial charge in [0.1, 0.15) is 24.7 Å². The van der Waals surface area contributed by atoms with E-state index in [4.69, 9.17) is 14.2 Å². The van der Waals surface area contributed by atoms with Crippen LogP contribution in [0.4, 0.5) is 0 Å². The molecule has 0 atom stereocenters. The third-order valence-electron chi connectivity index (χ3n) is 4.59. The van der Waals surface area contributed by atoms with Gasteiger partial charge in [0, 0.05) is 11.1 Å². The molecule has 0 fully saturated rings. The topological polar surface area (TPSA) is 44.8 Å². The van der Waals surface area contributed by atoms with Crippen molar-refractivity contribution in [1.82, 2.24) is 0 Å². The lowest BCUT2D eigenvalue weighted by atomic mass is 10.0. The van der Waals surface area contributed by atoms with Crippen molar-refractivity contribution in [2.75, 3.05) is 13.7 Å². The smallest absolute Gasteiger partial charge is 0.333 e. The zero-order chi connectivity index (χ0) is 22.1. The second-order valence-electron chi connectivity index (χ2n) is 7.04. The van der Waals surface area contributed by atoms with E-state index in [0.717, 1.165) is 33.8 Å². The first-order valence-corrected chi connectivity index (χ1v) is 10.0. The van der Waals surface area contributed by atoms with Crippen LogP contribution in [0.1, 0.15) is 18.1 Å². The molecule has 158 valence electrons. The molecule has 0 aliphatic rings. The predicted octanol–water partition coefficient (Wildman–Crippen LogP) is 6.07. The van der Waals surface area contributed by atoms with Gasteiger partial charge in [-0.05, 0) is 54.0 Å². The number of carbonyl (C=O) groups excluding carboxylic acids is 1. The van der Waals surface area contributed by atoms with Gasteiger partial charge >= 0.3 is 5.97 Å². The van der Waals surface area contributed by atoms with E-state index >= 15 is 0 Å². The van der Waals surface area contributed by atoms with E-state index in [1.165, 1.54) is 0 Å². The van der Waals surface area contributed by atoms with E-state index in [2.05, 4.69) is 6.58 Å². The maximum Gasteiger partial charge on any atom is 0.333 e. The molecule has 0 aromatic heterocycles. The maximum absolute atomic E-state index is 11.5. The number of methoxy groups -OCH3 is 1. The monoisotopic (exact) mass is 414 g/mol. The second-order valence-corrected chi connectivity index (χ2v) is 7.04. The first-order valence-electron chi connectivity index (χ1n) is 10.0. The van der Waals surface area contributed by atoms with Crippen LogP contribution in [0.15, 0.2) is 91.0 Å². The molecule has 3 rings (SSSR count). The number of esters is 1. The van der Waals surface area contributed by atoms with Crippen molar-refractivity contribution in [3.63, 3.8) is 0 Å². The molecule has 0 saturated carbocycles. The van der Waals surface area contributed by atoms with E-state index in [9.17, 15) is 4.79 Å². The molecule has 4 nitrogen and oxygen atoms in total. The Morgan fingerprint density at radius 2 is 1.81 bits per heavy atom. The van der Waals surface area contributed by atoms with Crippen molar-refractivity contribution in [1.29, 1.82) is 0 Å². The molecule has 0 amide bonds. The fourth-order valence-electron chi connectivity index (χ4n) is 2.96. The van der Waals surface area contributed by atoms with Crippen molar-refractivity contribution in [3.05, 3.63) is 102 Å². The van der Waals surface area contributed by atoms with Crippen LogP contribution in [-0.2, 0) is 16.1 Å². The van der Waals surface area contributed by atoms with Crippen LogP contribution in [0.5, 0.6) is 11.5 Å². The van der Waals surface area contributed by atoms with Gasteiger partial charge in [-0.1, -0.05) is 61.2 Å². The standard InChI is InChI=1S/C27H26O4/c1-20(2)27(28)30-16-8-11-21-14-15-26(31-19-22-9-5-4-6-10-22)25(17-21)23-12-7-13-24(18-23)29-3/h4-15,17-18H,1,16,19H2,2-3H3. The van der Waals surface area contributed by atoms with Gasteiger partial charge in [0.2, 0.25) is 0 Å². The summed E-state index contributed by atoms with van der Waals surface area (Å²) >= 11 is 0. The number of carbonyl (C=O) groups is 1. The molecule has 0 N–H and O–H groups in total. The molecule has 0 saturated heterocycles. The summed E-state index contributed by atoms with van der Waals surface area (Å²) in [7, 11) is 1.65. The fourth-order valence-corrected chi connectivity index (χ4v) is 2.96. The van der Waals surface area contributed by atoms with Crippen molar-refractivity contribution in [3.8, 4) is 22.6 Å². The SMILES string of the molecule is C=C(C)C(=O)OCC=Cc1ccc(OCc2ccccc2)c(-c2cccc(OC)c2)c1. The third kappa shape index (κ3) is 6.34. The van der Waals surface area contributed by atoms with Gasteiger partial charge in [-0.15, -0.1) is 0 Å². The first-order chi connectivity index (χ1) is 15.1. The Kier molecular flexibility index (Phi) is 7.66. The molecule has 0 spiro atoms. The highest BCUT2D eigenvalue weighted by atomic mass is 16.5. The summed E-state index contributed by atoms with van der Waals surface area (Å²) in [6.07, 6.45) is 3.71. The fraction of sp³-hybridized carbons (Fsp3) is 0.148. The molecule has 0 aliphatic heterocycles. The Labute approximate surface area is 183 Å². The molecule has 0 unspecified atom stereocenters. The Hall–Kier alpha value is -3.79. The summed E-state index contributed by atoms with van der Waals surface area (Å²) < 4.78 is 16.6. The van der Waals surface area contributed by atoms with Gasteiger partial charge < -0.3 is 14.2 Å². The van der Waals surface area contributed by atoms with Crippen LogP contribution in [0.25, 0.3) is 17.2 Å². The van der Waals surface area contributed by atoms with Crippen LogP contribution in [0.2, 0.25) is 0 Å². The summed E-state index contributed by atoms with van der Waals surface area (Å²) in [5, 5.41) is 0. The summed E-state index contributed by atoms with van der Waals surface area (Å²) in [5.74, 6) is 1.16. The van der Waals surface area contributed by atoms with Gasteiger partial charge in [-0.3, -0.25) is 0 Å². The van der Waals surface area contributed by atoms with Gasteiger partial charge in [-0.2, -0.15) is 0 Å². The lowest BCUT2D eigenvalue weighted by Crippen LogP contribution is -2.04. The highest BCUT2D eigenvalue weighted by molar-refractivity contribution is 5.87. The van der Waals surface area contributed by atoms with Crippen molar-refractivity contribution >= 4 is 12.0 Å². The molecule has 3 aromatic rings. The van der Waals surface area contributed by atoms with E-state index in [-0.39, 0.29) is 6.61 Å². The molecule has 3 aromatic carbocycles. The number of ether oxygens (including phenoxy) is 3. The Balaban J connectivity index is 1.84. The van der Waals surface area contributed by atoms with Gasteiger partial charge in [0.15, 0.2) is 0 Å². The van der Waals surface area contributed by atoms with Crippen LogP contribution in [0, 0.1) is 0 Å². The predicted molar refractivity (Wildman–Crippen MR) is 124 cm³/mol. The molecular formula is C27H26O4. The number of benzene rings is 3. The maximum atomic E-state index is 11.5. The molecular weight excluding hydrogens is 388 g/mol. The Bertz CT molecular complexity index is 1070. The highest BCUT2D eigenvalue weighted by Crippen LogP contribution is 2.34. The van der Waals surface area contributed by atoms with Crippen molar-refractivity contribution in [2.45, 2.75) is 13.5 Å². The summed E-state index contributed by atoms with van der Waals surface area (Å²) in [5.41, 5.74) is 4.40. The quantitative estimate of drug-likeness (QED) is 0.315. The Morgan fingerprint density at radius 3 is 2.55 bits per heavy atom. The molecule has 0 aliphatic carbocycles. The number of hydrogen-bond acceptors (Lipinski definition) is 4. The minimum Gasteiger partial charge on any atom is -0.497 e. The minimum absolute atomic E-state index is 0.187. The van der Waals surface area contributed by atoms with Gasteiger partial charge in [0.25, 0.3) is 0 Å². The number of hydrogen-bond donors (Lipinski definition) is 0. The van der Waals surface area contributed by atoms with Crippen molar-refractivity contribution in [2.24, 2.45) is 0 Å². The zero-order valence-corrected chi connectivity index (χ0v) is 17.8. The summed E-state index contributed by atoms with van der Waals surface area (Å²) in [4.78, 5) is 11.5. The largest absolute Gasteiger partial charge is 0.497 e. The average molecular weight is 415 g/mol. The molecule has 0 radical (unpaired) electrons. The Morgan fingerprint density at radius 1 is 1.00 bits per heavy atom. The lowest BCUT2D eigenvalue weighted by molar-refractivity contribution is -0.137. The second kappa shape index (κ2) is 10.8. The van der Waals surface area contributed by atoms with Gasteiger partial charge in [-0.25, -0.2) is 4.79 Å². The molecule has 0 bridgehead atoms. The van der Waals surface area contributed by atoms with Crippen LogP contribution in [0.3, 0.4) is 0 Å². The van der Waals surface area contributed by atoms with Crippen LogP contribution >= 0.6 is 0 Å². The minimum atomic E-state index is -0.397. The van der Waals surface area contributed by atoms with E-state index in [1.807, 2.05) is 78.9 Å². The molecule has 4 heteroatoms. The van der Waals surface area contributed by atoms with E-state index in [0.29, 0.717) is 12.2 Å². The molecule has 31 heavy (non-hydrogen) atoms. The van der Waals surface area contributed by atoms with E-state index in [1.54, 1.807) is 20.1 Å². The zero-order valence-electron chi connectivity index (χ0n) is 17.8. The summed E-state index contributed by atoms with van der Waals surface area (Å²) in [6.45, 7) is 5.87. The van der Waals surface area contributed by atoms with Crippen LogP contribution in [-0.4, -0.2) is 19.7 Å². The molecule has 0 heterocycles. The lowest BCUT2D eigenvalue weighted by Gasteiger charge is -2.14. The third-order valence-corrected chi connectivity index (χ3v) is 4.59. The van der Waals surface area contributed by atoms with Gasteiger partial charge in [0.05, 0.1) is 7.11 Å². The first kappa shape index (κ1) is 21.9. The average Bonchev–Trinajstić information content (AvgIpc) is 2.81. The van der Waals surface area contributed by atoms with Crippen LogP contribution < -0.4 is 9.47 Å².